The summed E-state index contributed by atoms with van der Waals surface area (Å²) in [6, 6.07) is 29.8. The highest BCUT2D eigenvalue weighted by atomic mass is 32.2. The van der Waals surface area contributed by atoms with Crippen molar-refractivity contribution in [3.05, 3.63) is 91.0 Å². The van der Waals surface area contributed by atoms with E-state index in [0.717, 1.165) is 25.7 Å². The lowest BCUT2D eigenvalue weighted by Gasteiger charge is -2.52. The van der Waals surface area contributed by atoms with Crippen LogP contribution in [0.15, 0.2) is 95.9 Å². The maximum atomic E-state index is 13.5. The van der Waals surface area contributed by atoms with Crippen LogP contribution in [0.25, 0.3) is 0 Å². The second-order valence-electron chi connectivity index (χ2n) is 12.5. The fraction of sp³-hybridized carbons (Fsp3) is 0.455. The molecular weight excluding hydrogens is 535 g/mol. The van der Waals surface area contributed by atoms with Gasteiger partial charge in [-0.05, 0) is 53.2 Å². The van der Waals surface area contributed by atoms with Crippen molar-refractivity contribution in [3.63, 3.8) is 0 Å². The van der Waals surface area contributed by atoms with Gasteiger partial charge in [-0.1, -0.05) is 106 Å². The second-order valence-corrected chi connectivity index (χ2v) is 18.8. The summed E-state index contributed by atoms with van der Waals surface area (Å²) in [5.74, 6) is 0.0654. The average molecular weight is 578 g/mol. The number of hydrogen-bond donors (Lipinski definition) is 1. The largest absolute Gasteiger partial charge is 0.406 e. The molecule has 2 aliphatic heterocycles. The molecule has 3 aromatic carbocycles. The quantitative estimate of drug-likeness (QED) is 0.390. The van der Waals surface area contributed by atoms with Crippen molar-refractivity contribution in [2.45, 2.75) is 87.0 Å². The molecule has 214 valence electrons. The van der Waals surface area contributed by atoms with Crippen molar-refractivity contribution >= 4 is 28.5 Å². The lowest BCUT2D eigenvalue weighted by atomic mass is 9.84. The minimum atomic E-state index is -3.46. The molecule has 0 radical (unpaired) electrons. The molecule has 4 atom stereocenters. The van der Waals surface area contributed by atoms with Crippen LogP contribution in [0.5, 0.6) is 0 Å². The van der Waals surface area contributed by atoms with Crippen molar-refractivity contribution in [2.24, 2.45) is 0 Å². The number of aliphatic hydroxyl groups excluding tert-OH is 1. The Morgan fingerprint density at radius 1 is 0.825 bits per heavy atom. The third kappa shape index (κ3) is 5.72. The maximum absolute atomic E-state index is 13.5. The smallest absolute Gasteiger partial charge is 0.261 e. The van der Waals surface area contributed by atoms with Gasteiger partial charge in [0.1, 0.15) is 0 Å². The van der Waals surface area contributed by atoms with Gasteiger partial charge in [-0.15, -0.1) is 0 Å². The molecule has 0 unspecified atom stereocenters. The number of hydrogen-bond acceptors (Lipinski definition) is 5. The molecule has 2 heterocycles. The van der Waals surface area contributed by atoms with Gasteiger partial charge in [-0.25, -0.2) is 8.42 Å². The zero-order valence-corrected chi connectivity index (χ0v) is 25.8. The summed E-state index contributed by atoms with van der Waals surface area (Å²) in [6.07, 6.45) is 3.89. The minimum Gasteiger partial charge on any atom is -0.406 e. The molecule has 0 saturated carbocycles. The van der Waals surface area contributed by atoms with Gasteiger partial charge in [0.05, 0.1) is 29.4 Å². The van der Waals surface area contributed by atoms with E-state index >= 15 is 0 Å². The van der Waals surface area contributed by atoms with Gasteiger partial charge in [0.2, 0.25) is 0 Å². The van der Waals surface area contributed by atoms with Crippen molar-refractivity contribution in [1.29, 1.82) is 0 Å². The third-order valence-corrected chi connectivity index (χ3v) is 15.8. The summed E-state index contributed by atoms with van der Waals surface area (Å²) in [4.78, 5) is 2.71. The summed E-state index contributed by atoms with van der Waals surface area (Å²) in [5, 5.41) is 13.7. The van der Waals surface area contributed by atoms with E-state index in [9.17, 15) is 13.5 Å². The number of aliphatic hydroxyl groups is 1. The molecule has 40 heavy (non-hydrogen) atoms. The number of nitrogens with zero attached hydrogens (tertiary/aromatic N) is 1. The number of piperidine rings is 2. The van der Waals surface area contributed by atoms with Crippen LogP contribution >= 0.6 is 0 Å². The fourth-order valence-corrected chi connectivity index (χ4v) is 13.3. The highest BCUT2D eigenvalue weighted by Crippen LogP contribution is 2.39. The van der Waals surface area contributed by atoms with E-state index in [0.29, 0.717) is 17.9 Å². The van der Waals surface area contributed by atoms with Crippen LogP contribution in [-0.4, -0.2) is 63.3 Å². The summed E-state index contributed by atoms with van der Waals surface area (Å²) < 4.78 is 34.2. The SMILES string of the molecule is CC(C)(C)[Si](OC[C@H]1[C@H](O)CC[C@@H]2CCC[C@@H](CS(=O)(=O)c3ccccc3)N21)(c1ccccc1)c1ccccc1. The Balaban J connectivity index is 1.50. The first-order valence-electron chi connectivity index (χ1n) is 14.6. The van der Waals surface area contributed by atoms with Crippen LogP contribution in [0.2, 0.25) is 5.04 Å². The molecule has 2 saturated heterocycles. The van der Waals surface area contributed by atoms with Crippen LogP contribution in [0, 0.1) is 0 Å². The Hall–Kier alpha value is -2.29. The van der Waals surface area contributed by atoms with Crippen molar-refractivity contribution in [1.82, 2.24) is 4.90 Å². The van der Waals surface area contributed by atoms with Crippen LogP contribution in [0.4, 0.5) is 0 Å². The molecular formula is C33H43NO4SSi. The fourth-order valence-electron chi connectivity index (χ4n) is 7.09. The standard InChI is InChI=1S/C33H43NO4SSi/c1-33(2,3)40(29-18-9-5-10-19-29,30-20-11-6-12-21-30)38-24-31-32(35)23-22-26-14-13-15-27(34(26)31)25-39(36,37)28-16-7-4-8-17-28/h4-12,16-21,26-27,31-32,35H,13-15,22-25H2,1-3H3/t26-,27-,31-,32+/m0/s1. The van der Waals surface area contributed by atoms with E-state index < -0.39 is 24.3 Å². The van der Waals surface area contributed by atoms with Crippen LogP contribution in [-0.2, 0) is 14.3 Å². The molecule has 2 aliphatic rings. The number of rotatable bonds is 8. The Morgan fingerprint density at radius 3 is 1.93 bits per heavy atom. The lowest BCUT2D eigenvalue weighted by molar-refractivity contribution is -0.0751. The van der Waals surface area contributed by atoms with E-state index in [2.05, 4.69) is 74.2 Å². The molecule has 5 nitrogen and oxygen atoms in total. The highest BCUT2D eigenvalue weighted by molar-refractivity contribution is 7.91. The van der Waals surface area contributed by atoms with E-state index in [1.807, 2.05) is 18.2 Å². The summed E-state index contributed by atoms with van der Waals surface area (Å²) >= 11 is 0. The van der Waals surface area contributed by atoms with E-state index in [4.69, 9.17) is 4.43 Å². The molecule has 3 aromatic rings. The Kier molecular flexibility index (Phi) is 8.69. The van der Waals surface area contributed by atoms with E-state index in [-0.39, 0.29) is 28.9 Å². The molecule has 0 spiro atoms. The van der Waals surface area contributed by atoms with Gasteiger partial charge >= 0.3 is 0 Å². The van der Waals surface area contributed by atoms with E-state index in [1.165, 1.54) is 10.4 Å². The third-order valence-electron chi connectivity index (χ3n) is 8.94. The van der Waals surface area contributed by atoms with Crippen molar-refractivity contribution in [2.75, 3.05) is 12.4 Å². The molecule has 0 amide bonds. The topological polar surface area (TPSA) is 66.8 Å². The Morgan fingerprint density at radius 2 is 1.38 bits per heavy atom. The van der Waals surface area contributed by atoms with Gasteiger partial charge in [-0.3, -0.25) is 4.90 Å². The van der Waals surface area contributed by atoms with E-state index in [1.54, 1.807) is 24.3 Å². The van der Waals surface area contributed by atoms with Crippen molar-refractivity contribution < 1.29 is 18.0 Å². The first-order chi connectivity index (χ1) is 19.1. The Bertz CT molecular complexity index is 1310. The zero-order chi connectivity index (χ0) is 28.4. The van der Waals surface area contributed by atoms with Crippen LogP contribution in [0.1, 0.15) is 52.9 Å². The molecule has 2 fully saturated rings. The first-order valence-corrected chi connectivity index (χ1v) is 18.2. The predicted octanol–water partition coefficient (Wildman–Crippen LogP) is 4.78. The highest BCUT2D eigenvalue weighted by Gasteiger charge is 2.52. The average Bonchev–Trinajstić information content (AvgIpc) is 2.95. The first kappa shape index (κ1) is 29.2. The second kappa shape index (κ2) is 11.9. The van der Waals surface area contributed by atoms with Crippen molar-refractivity contribution in [3.8, 4) is 0 Å². The van der Waals surface area contributed by atoms with Gasteiger partial charge in [0.25, 0.3) is 8.32 Å². The number of sulfone groups is 1. The normalized spacial score (nSPS) is 24.4. The number of fused-ring (bicyclic) bond motifs is 1. The minimum absolute atomic E-state index is 0.0654. The summed E-state index contributed by atoms with van der Waals surface area (Å²) in [7, 11) is -6.26. The zero-order valence-electron chi connectivity index (χ0n) is 23.9. The van der Waals surface area contributed by atoms with Crippen LogP contribution < -0.4 is 10.4 Å². The molecule has 5 rings (SSSR count). The van der Waals surface area contributed by atoms with Gasteiger partial charge in [0, 0.05) is 12.1 Å². The maximum Gasteiger partial charge on any atom is 0.261 e. The molecule has 1 N–H and O–H groups in total. The molecule has 7 heteroatoms. The lowest BCUT2D eigenvalue weighted by Crippen LogP contribution is -2.69. The summed E-state index contributed by atoms with van der Waals surface area (Å²) in [6.45, 7) is 7.15. The van der Waals surface area contributed by atoms with Crippen LogP contribution in [0.3, 0.4) is 0 Å². The number of benzene rings is 3. The molecule has 0 bridgehead atoms. The predicted molar refractivity (Wildman–Crippen MR) is 164 cm³/mol. The summed E-state index contributed by atoms with van der Waals surface area (Å²) in [5.41, 5.74) is 0. The molecule has 0 aromatic heterocycles. The van der Waals surface area contributed by atoms with Gasteiger partial charge in [-0.2, -0.15) is 0 Å². The molecule has 0 aliphatic carbocycles. The Labute approximate surface area is 241 Å². The van der Waals surface area contributed by atoms with Gasteiger partial charge < -0.3 is 9.53 Å². The van der Waals surface area contributed by atoms with Gasteiger partial charge in [0.15, 0.2) is 9.84 Å². The monoisotopic (exact) mass is 577 g/mol.